The molecule has 24 heavy (non-hydrogen) atoms. The molecule has 2 bridgehead atoms. The van der Waals surface area contributed by atoms with Gasteiger partial charge in [-0.2, -0.15) is 21.6 Å². The molecule has 0 aromatic heterocycles. The molecule has 1 aromatic rings. The Balaban J connectivity index is 2.04. The minimum Gasteiger partial charge on any atom is -0.426 e. The lowest BCUT2D eigenvalue weighted by Gasteiger charge is -2.21. The molecular formula is C15H15F3O5S. The molecule has 0 saturated heterocycles. The van der Waals surface area contributed by atoms with Crippen molar-refractivity contribution in [2.24, 2.45) is 0 Å². The van der Waals surface area contributed by atoms with E-state index in [9.17, 15) is 26.4 Å². The molecule has 0 amide bonds. The van der Waals surface area contributed by atoms with Gasteiger partial charge in [0.1, 0.15) is 11.5 Å². The maximum absolute atomic E-state index is 12.6. The molecule has 1 fully saturated rings. The average Bonchev–Trinajstić information content (AvgIpc) is 3.09. The molecule has 0 aliphatic heterocycles. The second-order valence-electron chi connectivity index (χ2n) is 5.91. The van der Waals surface area contributed by atoms with Crippen LogP contribution >= 0.6 is 0 Å². The summed E-state index contributed by atoms with van der Waals surface area (Å²) in [6.07, 6.45) is 2.41. The molecule has 1 aromatic carbocycles. The maximum atomic E-state index is 12.6. The van der Waals surface area contributed by atoms with Crippen molar-refractivity contribution in [2.45, 2.75) is 50.0 Å². The van der Waals surface area contributed by atoms with Crippen LogP contribution in [0.15, 0.2) is 12.1 Å². The summed E-state index contributed by atoms with van der Waals surface area (Å²) >= 11 is 0. The van der Waals surface area contributed by atoms with Gasteiger partial charge in [-0.3, -0.25) is 4.79 Å². The smallest absolute Gasteiger partial charge is 0.426 e. The second kappa shape index (κ2) is 5.65. The van der Waals surface area contributed by atoms with Crippen LogP contribution in [-0.4, -0.2) is 19.9 Å². The zero-order valence-electron chi connectivity index (χ0n) is 12.7. The van der Waals surface area contributed by atoms with Crippen molar-refractivity contribution in [1.29, 1.82) is 0 Å². The Labute approximate surface area is 136 Å². The summed E-state index contributed by atoms with van der Waals surface area (Å²) in [5.74, 6) is -0.548. The number of rotatable bonds is 4. The molecule has 1 saturated carbocycles. The first-order chi connectivity index (χ1) is 11.1. The topological polar surface area (TPSA) is 69.7 Å². The Kier molecular flexibility index (Phi) is 4.01. The summed E-state index contributed by atoms with van der Waals surface area (Å²) in [6.45, 7) is 1.63. The van der Waals surface area contributed by atoms with Crippen LogP contribution in [0.4, 0.5) is 13.2 Å². The number of esters is 1. The van der Waals surface area contributed by atoms with Gasteiger partial charge in [-0.1, -0.05) is 6.92 Å². The molecule has 3 rings (SSSR count). The van der Waals surface area contributed by atoms with Crippen LogP contribution in [0.2, 0.25) is 0 Å². The fourth-order valence-corrected chi connectivity index (χ4v) is 3.94. The molecule has 0 unspecified atom stereocenters. The number of halogens is 3. The summed E-state index contributed by atoms with van der Waals surface area (Å²) in [7, 11) is -5.74. The highest BCUT2D eigenvalue weighted by molar-refractivity contribution is 7.88. The maximum Gasteiger partial charge on any atom is 0.534 e. The van der Waals surface area contributed by atoms with Gasteiger partial charge < -0.3 is 8.92 Å². The van der Waals surface area contributed by atoms with Crippen LogP contribution < -0.4 is 8.92 Å². The van der Waals surface area contributed by atoms with Gasteiger partial charge in [0.2, 0.25) is 0 Å². The van der Waals surface area contributed by atoms with Gasteiger partial charge in [-0.15, -0.1) is 0 Å². The van der Waals surface area contributed by atoms with Crippen LogP contribution in [0.1, 0.15) is 55.6 Å². The normalized spacial score (nSPS) is 22.3. The predicted molar refractivity (Wildman–Crippen MR) is 77.3 cm³/mol. The third-order valence-electron chi connectivity index (χ3n) is 4.45. The minimum atomic E-state index is -5.74. The molecule has 2 aliphatic rings. The van der Waals surface area contributed by atoms with Crippen molar-refractivity contribution < 1.29 is 35.3 Å². The van der Waals surface area contributed by atoms with Gasteiger partial charge in [0, 0.05) is 17.5 Å². The van der Waals surface area contributed by atoms with Crippen molar-refractivity contribution in [2.75, 3.05) is 0 Å². The Morgan fingerprint density at radius 1 is 1.17 bits per heavy atom. The zero-order valence-corrected chi connectivity index (χ0v) is 13.5. The van der Waals surface area contributed by atoms with E-state index in [1.54, 1.807) is 6.92 Å². The predicted octanol–water partition coefficient (Wildman–Crippen LogP) is 3.60. The van der Waals surface area contributed by atoms with Crippen molar-refractivity contribution in [3.63, 3.8) is 0 Å². The minimum absolute atomic E-state index is 0.0433. The fourth-order valence-electron chi connectivity index (χ4n) is 3.47. The zero-order chi connectivity index (χ0) is 17.7. The Bertz CT molecular complexity index is 785. The van der Waals surface area contributed by atoms with Crippen LogP contribution in [0.25, 0.3) is 0 Å². The standard InChI is InChI=1S/C15H15F3O5S/c1-2-12(19)22-10-5-6-11(23-24(20,21)15(16,17)18)14-9-4-3-8(7-9)13(10)14/h5-6,8-9H,2-4,7H2,1H3/t8-,9+/m1/s1. The van der Waals surface area contributed by atoms with Gasteiger partial charge in [-0.25, -0.2) is 0 Å². The molecule has 9 heteroatoms. The summed E-state index contributed by atoms with van der Waals surface area (Å²) in [5.41, 5.74) is -4.48. The summed E-state index contributed by atoms with van der Waals surface area (Å²) in [4.78, 5) is 11.5. The summed E-state index contributed by atoms with van der Waals surface area (Å²) in [6, 6.07) is 2.43. The number of hydrogen-bond acceptors (Lipinski definition) is 5. The van der Waals surface area contributed by atoms with Gasteiger partial charge in [0.25, 0.3) is 0 Å². The first-order valence-corrected chi connectivity index (χ1v) is 8.93. The second-order valence-corrected chi connectivity index (χ2v) is 7.44. The summed E-state index contributed by atoms with van der Waals surface area (Å²) in [5, 5.41) is 0. The molecule has 0 radical (unpaired) electrons. The fraction of sp³-hybridized carbons (Fsp3) is 0.533. The van der Waals surface area contributed by atoms with Crippen molar-refractivity contribution in [1.82, 2.24) is 0 Å². The van der Waals surface area contributed by atoms with E-state index >= 15 is 0 Å². The summed E-state index contributed by atoms with van der Waals surface area (Å²) < 4.78 is 69.9. The Morgan fingerprint density at radius 2 is 1.71 bits per heavy atom. The lowest BCUT2D eigenvalue weighted by atomic mass is 9.90. The molecular weight excluding hydrogens is 349 g/mol. The van der Waals surface area contributed by atoms with Crippen molar-refractivity contribution in [3.8, 4) is 11.5 Å². The highest BCUT2D eigenvalue weighted by Crippen LogP contribution is 2.59. The molecule has 0 spiro atoms. The van der Waals surface area contributed by atoms with Crippen LogP contribution in [0.3, 0.4) is 0 Å². The Morgan fingerprint density at radius 3 is 2.25 bits per heavy atom. The average molecular weight is 364 g/mol. The van der Waals surface area contributed by atoms with Crippen molar-refractivity contribution >= 4 is 16.1 Å². The van der Waals surface area contributed by atoms with E-state index in [1.807, 2.05) is 0 Å². The number of carbonyl (C=O) groups is 1. The molecule has 2 atom stereocenters. The van der Waals surface area contributed by atoms with E-state index in [0.29, 0.717) is 17.5 Å². The van der Waals surface area contributed by atoms with Crippen molar-refractivity contribution in [3.05, 3.63) is 23.3 Å². The first-order valence-electron chi connectivity index (χ1n) is 7.52. The van der Waals surface area contributed by atoms with Crippen LogP contribution in [0, 0.1) is 0 Å². The highest BCUT2D eigenvalue weighted by Gasteiger charge is 2.50. The van der Waals surface area contributed by atoms with Gasteiger partial charge in [0.05, 0.1) is 0 Å². The number of carbonyl (C=O) groups excluding carboxylic acids is 1. The van der Waals surface area contributed by atoms with E-state index in [0.717, 1.165) is 18.9 Å². The molecule has 0 N–H and O–H groups in total. The number of alkyl halides is 3. The third kappa shape index (κ3) is 2.74. The molecule has 132 valence electrons. The SMILES string of the molecule is CCC(=O)Oc1ccc(OS(=O)(=O)C(F)(F)F)c2c1[C@@H]1CC[C@H]2C1. The van der Waals surface area contributed by atoms with E-state index in [4.69, 9.17) is 4.74 Å². The van der Waals surface area contributed by atoms with Crippen LogP contribution in [0.5, 0.6) is 11.5 Å². The van der Waals surface area contributed by atoms with E-state index in [2.05, 4.69) is 4.18 Å². The van der Waals surface area contributed by atoms with Gasteiger partial charge in [-0.05, 0) is 43.2 Å². The molecule has 2 aliphatic carbocycles. The highest BCUT2D eigenvalue weighted by atomic mass is 32.2. The monoisotopic (exact) mass is 364 g/mol. The molecule has 5 nitrogen and oxygen atoms in total. The van der Waals surface area contributed by atoms with E-state index < -0.39 is 21.6 Å². The number of hydrogen-bond donors (Lipinski definition) is 0. The lowest BCUT2D eigenvalue weighted by Crippen LogP contribution is -2.28. The third-order valence-corrected chi connectivity index (χ3v) is 5.42. The Hall–Kier alpha value is -1.77. The quantitative estimate of drug-likeness (QED) is 0.353. The van der Waals surface area contributed by atoms with Gasteiger partial charge >= 0.3 is 21.6 Å². The first kappa shape index (κ1) is 17.1. The largest absolute Gasteiger partial charge is 0.534 e. The molecule has 0 heterocycles. The van der Waals surface area contributed by atoms with E-state index in [-0.39, 0.29) is 29.8 Å². The number of ether oxygens (including phenoxy) is 1. The van der Waals surface area contributed by atoms with Crippen LogP contribution in [-0.2, 0) is 14.9 Å². The number of benzene rings is 1. The lowest BCUT2D eigenvalue weighted by molar-refractivity contribution is -0.134. The number of fused-ring (bicyclic) bond motifs is 5. The van der Waals surface area contributed by atoms with Gasteiger partial charge in [0.15, 0.2) is 0 Å². The van der Waals surface area contributed by atoms with E-state index in [1.165, 1.54) is 6.07 Å².